The largest absolute Gasteiger partial charge is 0.495 e. The zero-order chi connectivity index (χ0) is 24.7. The van der Waals surface area contributed by atoms with Crippen molar-refractivity contribution in [1.82, 2.24) is 0 Å². The molecule has 184 valence electrons. The number of nitro benzene ring substituents is 1. The molecule has 3 rings (SSSR count). The van der Waals surface area contributed by atoms with Gasteiger partial charge < -0.3 is 15.0 Å². The van der Waals surface area contributed by atoms with Crippen molar-refractivity contribution in [3.63, 3.8) is 0 Å². The summed E-state index contributed by atoms with van der Waals surface area (Å²) in [4.78, 5) is 25.3. The molecule has 1 heterocycles. The van der Waals surface area contributed by atoms with E-state index in [1.54, 1.807) is 0 Å². The molecule has 0 unspecified atom stereocenters. The van der Waals surface area contributed by atoms with Gasteiger partial charge in [-0.1, -0.05) is 0 Å². The number of nitrogens with zero attached hydrogens (tertiary/aromatic N) is 3. The summed E-state index contributed by atoms with van der Waals surface area (Å²) in [5.41, 5.74) is 1.61. The number of ether oxygens (including phenoxy) is 1. The molecule has 1 amide bonds. The Bertz CT molecular complexity index is 1110. The zero-order valence-electron chi connectivity index (χ0n) is 19.4. The fourth-order valence-corrected chi connectivity index (χ4v) is 4.93. The van der Waals surface area contributed by atoms with Crippen LogP contribution in [0.5, 0.6) is 5.75 Å². The number of benzene rings is 2. The molecule has 34 heavy (non-hydrogen) atoms. The third-order valence-corrected chi connectivity index (χ3v) is 6.86. The fourth-order valence-electron chi connectivity index (χ4n) is 3.97. The summed E-state index contributed by atoms with van der Waals surface area (Å²) in [5, 5.41) is 14.0. The van der Waals surface area contributed by atoms with Crippen LogP contribution in [0, 0.1) is 10.1 Å². The van der Waals surface area contributed by atoms with Crippen LogP contribution in [0.15, 0.2) is 42.5 Å². The van der Waals surface area contributed by atoms with Gasteiger partial charge in [0.15, 0.2) is 0 Å². The second-order valence-corrected chi connectivity index (χ2v) is 10.1. The van der Waals surface area contributed by atoms with E-state index in [9.17, 15) is 23.3 Å². The highest BCUT2D eigenvalue weighted by Gasteiger charge is 2.24. The number of sulfonamides is 1. The lowest BCUT2D eigenvalue weighted by atomic mass is 10.1. The van der Waals surface area contributed by atoms with Crippen molar-refractivity contribution in [2.45, 2.75) is 32.1 Å². The third-order valence-electron chi connectivity index (χ3n) is 5.68. The molecule has 0 saturated carbocycles. The Morgan fingerprint density at radius 3 is 2.41 bits per heavy atom. The van der Waals surface area contributed by atoms with Crippen molar-refractivity contribution in [2.24, 2.45) is 0 Å². The Morgan fingerprint density at radius 1 is 1.15 bits per heavy atom. The fraction of sp³-hybridized carbons (Fsp3) is 0.435. The summed E-state index contributed by atoms with van der Waals surface area (Å²) in [7, 11) is -2.41. The SMILES string of the molecule is COc1ccc([N+](=O)[O-])cc1N(CCCC(=O)Nc1ccc(N2CCCCC2)cc1)S(C)(=O)=O. The average Bonchev–Trinajstić information content (AvgIpc) is 2.81. The standard InChI is InChI=1S/C23H30N4O6S/c1-33-22-13-12-20(27(29)30)17-21(22)26(34(2,31)32)16-6-7-23(28)24-18-8-10-19(11-9-18)25-14-4-3-5-15-25/h8-13,17H,3-7,14-16H2,1-2H3,(H,24,28). The molecular weight excluding hydrogens is 460 g/mol. The first-order valence-electron chi connectivity index (χ1n) is 11.1. The molecule has 1 N–H and O–H groups in total. The molecule has 1 fully saturated rings. The molecule has 0 bridgehead atoms. The van der Waals surface area contributed by atoms with Crippen LogP contribution >= 0.6 is 0 Å². The van der Waals surface area contributed by atoms with Crippen LogP contribution in [0.2, 0.25) is 0 Å². The van der Waals surface area contributed by atoms with E-state index in [1.165, 1.54) is 38.5 Å². The maximum atomic E-state index is 12.4. The summed E-state index contributed by atoms with van der Waals surface area (Å²) < 4.78 is 31.0. The van der Waals surface area contributed by atoms with Gasteiger partial charge in [-0.3, -0.25) is 19.2 Å². The first-order valence-corrected chi connectivity index (χ1v) is 13.0. The minimum Gasteiger partial charge on any atom is -0.495 e. The number of carbonyl (C=O) groups excluding carboxylic acids is 1. The van der Waals surface area contributed by atoms with E-state index in [-0.39, 0.29) is 42.4 Å². The topological polar surface area (TPSA) is 122 Å². The minimum absolute atomic E-state index is 0.0301. The molecule has 1 aliphatic rings. The second-order valence-electron chi connectivity index (χ2n) is 8.19. The number of hydrogen-bond acceptors (Lipinski definition) is 7. The van der Waals surface area contributed by atoms with Gasteiger partial charge in [-0.05, 0) is 56.0 Å². The van der Waals surface area contributed by atoms with Crippen LogP contribution in [-0.4, -0.2) is 52.2 Å². The molecule has 2 aromatic rings. The molecule has 0 aliphatic carbocycles. The molecule has 0 spiro atoms. The van der Waals surface area contributed by atoms with Crippen molar-refractivity contribution >= 4 is 38.7 Å². The number of nitro groups is 1. The summed E-state index contributed by atoms with van der Waals surface area (Å²) in [5.74, 6) is -0.0561. The van der Waals surface area contributed by atoms with Crippen molar-refractivity contribution in [1.29, 1.82) is 0 Å². The highest BCUT2D eigenvalue weighted by molar-refractivity contribution is 7.92. The van der Waals surface area contributed by atoms with Crippen molar-refractivity contribution in [3.05, 3.63) is 52.6 Å². The van der Waals surface area contributed by atoms with Gasteiger partial charge in [-0.25, -0.2) is 8.42 Å². The predicted molar refractivity (Wildman–Crippen MR) is 132 cm³/mol. The highest BCUT2D eigenvalue weighted by Crippen LogP contribution is 2.34. The number of piperidine rings is 1. The maximum absolute atomic E-state index is 12.4. The lowest BCUT2D eigenvalue weighted by molar-refractivity contribution is -0.384. The molecule has 0 aromatic heterocycles. The van der Waals surface area contributed by atoms with Gasteiger partial charge in [0, 0.05) is 49.6 Å². The van der Waals surface area contributed by atoms with Gasteiger partial charge in [0.25, 0.3) is 5.69 Å². The van der Waals surface area contributed by atoms with Gasteiger partial charge >= 0.3 is 0 Å². The lowest BCUT2D eigenvalue weighted by Crippen LogP contribution is -2.32. The number of hydrogen-bond donors (Lipinski definition) is 1. The second kappa shape index (κ2) is 11.2. The number of nitrogens with one attached hydrogen (secondary N) is 1. The summed E-state index contributed by atoms with van der Waals surface area (Å²) in [6.45, 7) is 2.05. The quantitative estimate of drug-likeness (QED) is 0.397. The third kappa shape index (κ3) is 6.60. The normalized spacial score (nSPS) is 13.9. The smallest absolute Gasteiger partial charge is 0.271 e. The first kappa shape index (κ1) is 25.3. The van der Waals surface area contributed by atoms with Gasteiger partial charge in [-0.15, -0.1) is 0 Å². The Balaban J connectivity index is 1.61. The number of rotatable bonds is 10. The number of methoxy groups -OCH3 is 1. The summed E-state index contributed by atoms with van der Waals surface area (Å²) >= 11 is 0. The Morgan fingerprint density at radius 2 is 1.82 bits per heavy atom. The number of carbonyl (C=O) groups is 1. The highest BCUT2D eigenvalue weighted by atomic mass is 32.2. The van der Waals surface area contributed by atoms with E-state index >= 15 is 0 Å². The van der Waals surface area contributed by atoms with Crippen molar-refractivity contribution in [2.75, 3.05) is 47.5 Å². The van der Waals surface area contributed by atoms with E-state index in [0.717, 1.165) is 35.4 Å². The molecule has 2 aromatic carbocycles. The Kier molecular flexibility index (Phi) is 8.32. The number of anilines is 3. The van der Waals surface area contributed by atoms with Gasteiger partial charge in [0.05, 0.1) is 18.3 Å². The number of non-ortho nitro benzene ring substituents is 1. The van der Waals surface area contributed by atoms with Crippen LogP contribution in [-0.2, 0) is 14.8 Å². The molecule has 0 atom stereocenters. The van der Waals surface area contributed by atoms with Crippen LogP contribution in [0.25, 0.3) is 0 Å². The van der Waals surface area contributed by atoms with E-state index in [4.69, 9.17) is 4.74 Å². The van der Waals surface area contributed by atoms with Crippen LogP contribution in [0.4, 0.5) is 22.7 Å². The van der Waals surface area contributed by atoms with Crippen LogP contribution in [0.3, 0.4) is 0 Å². The summed E-state index contributed by atoms with van der Waals surface area (Å²) in [6, 6.07) is 11.4. The Labute approximate surface area is 199 Å². The van der Waals surface area contributed by atoms with E-state index in [0.29, 0.717) is 5.69 Å². The minimum atomic E-state index is -3.77. The Hall–Kier alpha value is -3.34. The zero-order valence-corrected chi connectivity index (χ0v) is 20.2. The van der Waals surface area contributed by atoms with Crippen molar-refractivity contribution < 1.29 is 22.9 Å². The average molecular weight is 491 g/mol. The lowest BCUT2D eigenvalue weighted by Gasteiger charge is -2.28. The molecule has 10 nitrogen and oxygen atoms in total. The van der Waals surface area contributed by atoms with Crippen LogP contribution < -0.4 is 19.3 Å². The van der Waals surface area contributed by atoms with E-state index in [2.05, 4.69) is 10.2 Å². The first-order chi connectivity index (χ1) is 16.2. The molecule has 1 saturated heterocycles. The number of amides is 1. The van der Waals surface area contributed by atoms with Gasteiger partial charge in [0.1, 0.15) is 11.4 Å². The maximum Gasteiger partial charge on any atom is 0.271 e. The molecular formula is C23H30N4O6S. The molecule has 11 heteroatoms. The summed E-state index contributed by atoms with van der Waals surface area (Å²) in [6.07, 6.45) is 4.94. The van der Waals surface area contributed by atoms with Crippen LogP contribution in [0.1, 0.15) is 32.1 Å². The van der Waals surface area contributed by atoms with E-state index < -0.39 is 14.9 Å². The van der Waals surface area contributed by atoms with Gasteiger partial charge in [0.2, 0.25) is 15.9 Å². The monoisotopic (exact) mass is 490 g/mol. The van der Waals surface area contributed by atoms with Crippen molar-refractivity contribution in [3.8, 4) is 5.75 Å². The molecule has 1 aliphatic heterocycles. The molecule has 0 radical (unpaired) electrons. The van der Waals surface area contributed by atoms with E-state index in [1.807, 2.05) is 24.3 Å². The predicted octanol–water partition coefficient (Wildman–Crippen LogP) is 3.78. The van der Waals surface area contributed by atoms with Gasteiger partial charge in [-0.2, -0.15) is 0 Å².